The van der Waals surface area contributed by atoms with Crippen LogP contribution in [-0.4, -0.2) is 32.2 Å². The Kier molecular flexibility index (Phi) is 5.46. The van der Waals surface area contributed by atoms with E-state index in [0.717, 1.165) is 27.7 Å². The number of hydrogen-bond acceptors (Lipinski definition) is 4. The van der Waals surface area contributed by atoms with Crippen LogP contribution in [0.3, 0.4) is 0 Å². The topological polar surface area (TPSA) is 72.6 Å². The molecule has 142 valence electrons. The highest BCUT2D eigenvalue weighted by Gasteiger charge is 2.21. The van der Waals surface area contributed by atoms with Crippen molar-refractivity contribution in [3.8, 4) is 17.2 Å². The van der Waals surface area contributed by atoms with E-state index in [-0.39, 0.29) is 12.3 Å². The van der Waals surface area contributed by atoms with Crippen LogP contribution in [0.2, 0.25) is 5.02 Å². The van der Waals surface area contributed by atoms with E-state index in [1.807, 2.05) is 19.1 Å². The first-order valence-corrected chi connectivity index (χ1v) is 8.71. The summed E-state index contributed by atoms with van der Waals surface area (Å²) in [6.45, 7) is 1.90. The summed E-state index contributed by atoms with van der Waals surface area (Å²) >= 11 is 5.97. The van der Waals surface area contributed by atoms with E-state index < -0.39 is 0 Å². The van der Waals surface area contributed by atoms with Gasteiger partial charge in [0.15, 0.2) is 11.5 Å². The van der Waals surface area contributed by atoms with Crippen molar-refractivity contribution in [3.05, 3.63) is 46.6 Å². The van der Waals surface area contributed by atoms with Gasteiger partial charge in [0, 0.05) is 28.4 Å². The van der Waals surface area contributed by atoms with Gasteiger partial charge in [-0.3, -0.25) is 4.79 Å². The summed E-state index contributed by atoms with van der Waals surface area (Å²) in [5.74, 6) is 1.43. The molecule has 0 fully saturated rings. The SMILES string of the molecule is COc1cc2[nH]cc(CC(=O)Nc3ccc(Cl)cc3C)c2c(OC)c1OC. The molecule has 6 nitrogen and oxygen atoms in total. The van der Waals surface area contributed by atoms with Gasteiger partial charge in [-0.25, -0.2) is 0 Å². The highest BCUT2D eigenvalue weighted by molar-refractivity contribution is 6.30. The number of rotatable bonds is 6. The Morgan fingerprint density at radius 1 is 1.11 bits per heavy atom. The molecule has 1 heterocycles. The second kappa shape index (κ2) is 7.80. The predicted molar refractivity (Wildman–Crippen MR) is 106 cm³/mol. The van der Waals surface area contributed by atoms with Crippen LogP contribution in [0, 0.1) is 6.92 Å². The molecule has 0 aliphatic carbocycles. The Morgan fingerprint density at radius 3 is 2.48 bits per heavy atom. The molecule has 0 unspecified atom stereocenters. The van der Waals surface area contributed by atoms with Gasteiger partial charge in [0.2, 0.25) is 11.7 Å². The second-order valence-corrected chi connectivity index (χ2v) is 6.50. The van der Waals surface area contributed by atoms with Gasteiger partial charge >= 0.3 is 0 Å². The van der Waals surface area contributed by atoms with Crippen LogP contribution in [0.1, 0.15) is 11.1 Å². The molecule has 0 spiro atoms. The number of nitrogens with one attached hydrogen (secondary N) is 2. The van der Waals surface area contributed by atoms with E-state index in [1.54, 1.807) is 39.7 Å². The summed E-state index contributed by atoms with van der Waals surface area (Å²) in [4.78, 5) is 15.7. The maximum absolute atomic E-state index is 12.6. The molecule has 3 aromatic rings. The molecule has 2 aromatic carbocycles. The number of H-pyrrole nitrogens is 1. The summed E-state index contributed by atoms with van der Waals surface area (Å²) < 4.78 is 16.4. The highest BCUT2D eigenvalue weighted by Crippen LogP contribution is 2.44. The Bertz CT molecular complexity index is 997. The molecule has 2 N–H and O–H groups in total. The van der Waals surface area contributed by atoms with Crippen LogP contribution in [0.15, 0.2) is 30.5 Å². The molecule has 1 amide bonds. The van der Waals surface area contributed by atoms with Crippen LogP contribution < -0.4 is 19.5 Å². The summed E-state index contributed by atoms with van der Waals surface area (Å²) in [5, 5.41) is 4.34. The molecule has 27 heavy (non-hydrogen) atoms. The number of fused-ring (bicyclic) bond motifs is 1. The van der Waals surface area contributed by atoms with Gasteiger partial charge in [-0.15, -0.1) is 0 Å². The largest absolute Gasteiger partial charge is 0.493 e. The maximum atomic E-state index is 12.6. The van der Waals surface area contributed by atoms with Gasteiger partial charge in [0.1, 0.15) is 0 Å². The standard InChI is InChI=1S/C20H21ClN2O4/c1-11-7-13(21)5-6-14(11)23-17(24)8-12-10-22-15-9-16(25-2)19(26-3)20(27-4)18(12)15/h5-7,9-10,22H,8H2,1-4H3,(H,23,24). The summed E-state index contributed by atoms with van der Waals surface area (Å²) in [5.41, 5.74) is 3.23. The average Bonchev–Trinajstić information content (AvgIpc) is 3.04. The smallest absolute Gasteiger partial charge is 0.228 e. The highest BCUT2D eigenvalue weighted by atomic mass is 35.5. The lowest BCUT2D eigenvalue weighted by atomic mass is 10.1. The van der Waals surface area contributed by atoms with Gasteiger partial charge < -0.3 is 24.5 Å². The molecule has 0 saturated heterocycles. The zero-order valence-corrected chi connectivity index (χ0v) is 16.4. The van der Waals surface area contributed by atoms with Crippen molar-refractivity contribution in [1.29, 1.82) is 0 Å². The van der Waals surface area contributed by atoms with Crippen molar-refractivity contribution in [2.24, 2.45) is 0 Å². The van der Waals surface area contributed by atoms with Crippen molar-refractivity contribution >= 4 is 34.1 Å². The van der Waals surface area contributed by atoms with Crippen molar-refractivity contribution in [2.75, 3.05) is 26.6 Å². The summed E-state index contributed by atoms with van der Waals surface area (Å²) in [6.07, 6.45) is 1.97. The number of methoxy groups -OCH3 is 3. The van der Waals surface area contributed by atoms with Crippen molar-refractivity contribution in [2.45, 2.75) is 13.3 Å². The molecular weight excluding hydrogens is 368 g/mol. The van der Waals surface area contributed by atoms with Crippen LogP contribution >= 0.6 is 11.6 Å². The predicted octanol–water partition coefficient (Wildman–Crippen LogP) is 4.34. The molecular formula is C20H21ClN2O4. The molecule has 0 aliphatic rings. The second-order valence-electron chi connectivity index (χ2n) is 6.07. The monoisotopic (exact) mass is 388 g/mol. The van der Waals surface area contributed by atoms with E-state index in [1.165, 1.54) is 0 Å². The minimum atomic E-state index is -0.141. The number of anilines is 1. The third-order valence-corrected chi connectivity index (χ3v) is 4.60. The lowest BCUT2D eigenvalue weighted by Crippen LogP contribution is -2.15. The fraction of sp³-hybridized carbons (Fsp3) is 0.250. The zero-order valence-electron chi connectivity index (χ0n) is 15.6. The number of amides is 1. The number of ether oxygens (including phenoxy) is 3. The molecule has 0 bridgehead atoms. The third kappa shape index (κ3) is 3.66. The number of aryl methyl sites for hydroxylation is 1. The van der Waals surface area contributed by atoms with Crippen molar-refractivity contribution in [3.63, 3.8) is 0 Å². The fourth-order valence-electron chi connectivity index (χ4n) is 3.10. The van der Waals surface area contributed by atoms with E-state index in [4.69, 9.17) is 25.8 Å². The molecule has 0 atom stereocenters. The number of hydrogen-bond donors (Lipinski definition) is 2. The average molecular weight is 389 g/mol. The molecule has 0 saturated carbocycles. The summed E-state index contributed by atoms with van der Waals surface area (Å²) in [7, 11) is 4.67. The minimum absolute atomic E-state index is 0.141. The first kappa shape index (κ1) is 18.9. The lowest BCUT2D eigenvalue weighted by molar-refractivity contribution is -0.115. The van der Waals surface area contributed by atoms with E-state index >= 15 is 0 Å². The van der Waals surface area contributed by atoms with Crippen LogP contribution in [-0.2, 0) is 11.2 Å². The van der Waals surface area contributed by atoms with Crippen LogP contribution in [0.25, 0.3) is 10.9 Å². The Morgan fingerprint density at radius 2 is 1.85 bits per heavy atom. The van der Waals surface area contributed by atoms with Gasteiger partial charge in [0.25, 0.3) is 0 Å². The number of carbonyl (C=O) groups is 1. The zero-order chi connectivity index (χ0) is 19.6. The van der Waals surface area contributed by atoms with Crippen molar-refractivity contribution < 1.29 is 19.0 Å². The number of halogens is 1. The third-order valence-electron chi connectivity index (χ3n) is 4.37. The Balaban J connectivity index is 1.94. The van der Waals surface area contributed by atoms with Crippen LogP contribution in [0.5, 0.6) is 17.2 Å². The fourth-order valence-corrected chi connectivity index (χ4v) is 3.33. The molecule has 7 heteroatoms. The van der Waals surface area contributed by atoms with Gasteiger partial charge in [-0.2, -0.15) is 0 Å². The first-order valence-electron chi connectivity index (χ1n) is 8.33. The molecule has 0 radical (unpaired) electrons. The Hall–Kier alpha value is -2.86. The number of benzene rings is 2. The summed E-state index contributed by atoms with van der Waals surface area (Å²) in [6, 6.07) is 7.17. The van der Waals surface area contributed by atoms with E-state index in [2.05, 4.69) is 10.3 Å². The number of aromatic amines is 1. The quantitative estimate of drug-likeness (QED) is 0.659. The minimum Gasteiger partial charge on any atom is -0.493 e. The van der Waals surface area contributed by atoms with Gasteiger partial charge in [-0.1, -0.05) is 11.6 Å². The molecule has 1 aromatic heterocycles. The Labute approximate surface area is 162 Å². The molecule has 3 rings (SSSR count). The van der Waals surface area contributed by atoms with E-state index in [9.17, 15) is 4.79 Å². The van der Waals surface area contributed by atoms with Gasteiger partial charge in [0.05, 0.1) is 33.3 Å². The number of carbonyl (C=O) groups excluding carboxylic acids is 1. The van der Waals surface area contributed by atoms with E-state index in [0.29, 0.717) is 22.3 Å². The maximum Gasteiger partial charge on any atom is 0.228 e. The normalized spacial score (nSPS) is 10.7. The van der Waals surface area contributed by atoms with Crippen LogP contribution in [0.4, 0.5) is 5.69 Å². The molecule has 0 aliphatic heterocycles. The van der Waals surface area contributed by atoms with Gasteiger partial charge in [-0.05, 0) is 36.2 Å². The lowest BCUT2D eigenvalue weighted by Gasteiger charge is -2.14. The number of aromatic nitrogens is 1. The first-order chi connectivity index (χ1) is 13.0. The van der Waals surface area contributed by atoms with Crippen molar-refractivity contribution in [1.82, 2.24) is 4.98 Å².